The van der Waals surface area contributed by atoms with Gasteiger partial charge in [-0.25, -0.2) is 0 Å². The zero-order valence-corrected chi connectivity index (χ0v) is 17.0. The Hall–Kier alpha value is -0.738. The fraction of sp³-hybridized carbons (Fsp3) is 1.00. The number of halogens is 17. The number of alkyl halides is 17. The Morgan fingerprint density at radius 1 is 0.545 bits per heavy atom. The molecule has 0 unspecified atom stereocenters. The molecule has 0 N–H and O–H groups in total. The second-order valence-corrected chi connectivity index (χ2v) is 7.35. The monoisotopic (exact) mass is 549 g/mol. The van der Waals surface area contributed by atoms with Crippen molar-refractivity contribution in [2.75, 3.05) is 6.61 Å². The zero-order chi connectivity index (χ0) is 27.1. The second kappa shape index (κ2) is 9.38. The predicted molar refractivity (Wildman–Crippen MR) is 73.2 cm³/mol. The molecule has 0 spiro atoms. The van der Waals surface area contributed by atoms with Gasteiger partial charge in [-0.15, -0.1) is 0 Å². The van der Waals surface area contributed by atoms with Crippen LogP contribution in [0.4, 0.5) is 74.6 Å². The SMILES string of the molecule is CC(C)[O][Al+][O]CCC(F)(F)C(F)(F)C(F)(F)C(F)(F)C(F)(F)C(F)(F)C(F)(F)C(F)(F)F. The maximum atomic E-state index is 13.5. The van der Waals surface area contributed by atoms with Gasteiger partial charge in [-0.1, -0.05) is 0 Å². The standard InChI is InChI=1S/C10H4F17O.C3H7O.Al/c11-3(12,1-2-28)4(13,14)5(15,16)6(17,18)7(19,20)8(21,22)9(23,24)10(25,26)27;1-3(2)4;/h1-2H2;3H,1-2H3;/q2*-1;+3. The molecule has 33 heavy (non-hydrogen) atoms. The molecular weight excluding hydrogens is 538 g/mol. The van der Waals surface area contributed by atoms with Crippen LogP contribution in [0.5, 0.6) is 0 Å². The van der Waals surface area contributed by atoms with Gasteiger partial charge >= 0.3 is 179 Å². The first-order chi connectivity index (χ1) is 14.2. The van der Waals surface area contributed by atoms with Crippen LogP contribution >= 0.6 is 0 Å². The minimum atomic E-state index is -8.62. The molecule has 0 saturated carbocycles. The molecule has 0 saturated heterocycles. The van der Waals surface area contributed by atoms with E-state index in [0.717, 1.165) is 0 Å². The summed E-state index contributed by atoms with van der Waals surface area (Å²) in [4.78, 5) is 0. The summed E-state index contributed by atoms with van der Waals surface area (Å²) in [6, 6.07) is 0. The first-order valence-corrected chi connectivity index (χ1v) is 8.91. The number of hydrogen-bond acceptors (Lipinski definition) is 2. The van der Waals surface area contributed by atoms with Crippen molar-refractivity contribution < 1.29 is 82.2 Å². The molecule has 0 heterocycles. The first kappa shape index (κ1) is 32.3. The van der Waals surface area contributed by atoms with E-state index >= 15 is 0 Å². The van der Waals surface area contributed by atoms with E-state index in [4.69, 9.17) is 0 Å². The van der Waals surface area contributed by atoms with Crippen LogP contribution in [-0.2, 0) is 7.58 Å². The summed E-state index contributed by atoms with van der Waals surface area (Å²) in [6.45, 7) is 1.07. The van der Waals surface area contributed by atoms with E-state index in [1.54, 1.807) is 0 Å². The normalized spacial score (nSPS) is 15.8. The molecule has 0 bridgehead atoms. The molecule has 0 aliphatic carbocycles. The third kappa shape index (κ3) is 5.27. The summed E-state index contributed by atoms with van der Waals surface area (Å²) in [7, 11) is 0. The van der Waals surface area contributed by atoms with E-state index in [-0.39, 0.29) is 0 Å². The van der Waals surface area contributed by atoms with Gasteiger partial charge in [0.15, 0.2) is 0 Å². The molecule has 0 aromatic carbocycles. The Morgan fingerprint density at radius 3 is 1.21 bits per heavy atom. The van der Waals surface area contributed by atoms with Crippen LogP contribution < -0.4 is 0 Å². The van der Waals surface area contributed by atoms with Gasteiger partial charge in [0.05, 0.1) is 0 Å². The van der Waals surface area contributed by atoms with Crippen LogP contribution in [0.25, 0.3) is 0 Å². The molecular formula is C13H11AlF17O2+. The first-order valence-electron chi connectivity index (χ1n) is 7.97. The quantitative estimate of drug-likeness (QED) is 0.160. The molecule has 2 nitrogen and oxygen atoms in total. The molecule has 0 amide bonds. The van der Waals surface area contributed by atoms with Gasteiger partial charge in [0.2, 0.25) is 0 Å². The summed E-state index contributed by atoms with van der Waals surface area (Å²) in [5.41, 5.74) is 0. The van der Waals surface area contributed by atoms with Gasteiger partial charge in [0.1, 0.15) is 0 Å². The van der Waals surface area contributed by atoms with Crippen molar-refractivity contribution in [1.29, 1.82) is 0 Å². The summed E-state index contributed by atoms with van der Waals surface area (Å²) < 4.78 is 230. The van der Waals surface area contributed by atoms with Crippen LogP contribution in [0.15, 0.2) is 0 Å². The van der Waals surface area contributed by atoms with Gasteiger partial charge in [-0.3, -0.25) is 0 Å². The molecule has 196 valence electrons. The van der Waals surface area contributed by atoms with Gasteiger partial charge in [0, 0.05) is 0 Å². The number of rotatable bonds is 12. The summed E-state index contributed by atoms with van der Waals surface area (Å²) in [5, 5.41) is 0. The minimum absolute atomic E-state index is 0.608. The predicted octanol–water partition coefficient (Wildman–Crippen LogP) is 6.36. The number of hydrogen-bond donors (Lipinski definition) is 0. The van der Waals surface area contributed by atoms with Crippen molar-refractivity contribution >= 4 is 15.9 Å². The Bertz CT molecular complexity index is 658. The molecule has 0 fully saturated rings. The van der Waals surface area contributed by atoms with E-state index in [1.165, 1.54) is 13.8 Å². The van der Waals surface area contributed by atoms with E-state index in [2.05, 4.69) is 7.58 Å². The van der Waals surface area contributed by atoms with E-state index in [1.807, 2.05) is 0 Å². The Kier molecular flexibility index (Phi) is 9.17. The van der Waals surface area contributed by atoms with Crippen molar-refractivity contribution in [2.24, 2.45) is 0 Å². The van der Waals surface area contributed by atoms with E-state index in [9.17, 15) is 74.6 Å². The maximum absolute atomic E-state index is 13.5. The Labute approximate surface area is 179 Å². The Morgan fingerprint density at radius 2 is 0.879 bits per heavy atom. The summed E-state index contributed by atoms with van der Waals surface area (Å²) in [5.74, 6) is -56.2. The third-order valence-corrected chi connectivity index (χ3v) is 4.74. The zero-order valence-electron chi connectivity index (χ0n) is 15.8. The molecule has 20 heteroatoms. The fourth-order valence-electron chi connectivity index (χ4n) is 1.74. The van der Waals surface area contributed by atoms with E-state index < -0.39 is 82.7 Å². The molecule has 0 aliphatic heterocycles. The molecule has 0 rings (SSSR count). The molecule has 0 aliphatic rings. The van der Waals surface area contributed by atoms with Crippen molar-refractivity contribution in [2.45, 2.75) is 74.0 Å². The van der Waals surface area contributed by atoms with Crippen molar-refractivity contribution in [3.8, 4) is 0 Å². The average Bonchev–Trinajstić information content (AvgIpc) is 2.58. The van der Waals surface area contributed by atoms with Crippen LogP contribution in [0, 0.1) is 0 Å². The summed E-state index contributed by atoms with van der Waals surface area (Å²) >= 11 is -1.70. The second-order valence-electron chi connectivity index (χ2n) is 6.55. The van der Waals surface area contributed by atoms with Crippen molar-refractivity contribution in [3.05, 3.63) is 0 Å². The fourth-order valence-corrected chi connectivity index (χ4v) is 2.25. The van der Waals surface area contributed by atoms with Crippen molar-refractivity contribution in [1.82, 2.24) is 0 Å². The topological polar surface area (TPSA) is 18.5 Å². The molecule has 0 aromatic heterocycles. The average molecular weight is 549 g/mol. The Balaban J connectivity index is 6.16. The van der Waals surface area contributed by atoms with Gasteiger partial charge in [0.25, 0.3) is 0 Å². The molecule has 0 atom stereocenters. The van der Waals surface area contributed by atoms with Crippen LogP contribution in [0.1, 0.15) is 20.3 Å². The van der Waals surface area contributed by atoms with Gasteiger partial charge < -0.3 is 0 Å². The molecule has 0 aromatic rings. The van der Waals surface area contributed by atoms with Gasteiger partial charge in [-0.2, -0.15) is 0 Å². The van der Waals surface area contributed by atoms with E-state index in [0.29, 0.717) is 0 Å². The third-order valence-electron chi connectivity index (χ3n) is 3.72. The van der Waals surface area contributed by atoms with Crippen LogP contribution in [-0.4, -0.2) is 76.2 Å². The van der Waals surface area contributed by atoms with Crippen molar-refractivity contribution in [3.63, 3.8) is 0 Å². The molecule has 0 radical (unpaired) electrons. The van der Waals surface area contributed by atoms with Crippen LogP contribution in [0.2, 0.25) is 0 Å². The summed E-state index contributed by atoms with van der Waals surface area (Å²) in [6.07, 6.45) is -11.0. The van der Waals surface area contributed by atoms with Crippen LogP contribution in [0.3, 0.4) is 0 Å². The van der Waals surface area contributed by atoms with Gasteiger partial charge in [-0.05, 0) is 0 Å².